The topological polar surface area (TPSA) is 77.0 Å². The highest BCUT2D eigenvalue weighted by Crippen LogP contribution is 2.23. The lowest BCUT2D eigenvalue weighted by molar-refractivity contribution is 0.100. The van der Waals surface area contributed by atoms with E-state index in [0.29, 0.717) is 12.1 Å². The Bertz CT molecular complexity index is 795. The maximum Gasteiger partial charge on any atom is 0.248 e. The molecule has 1 amide bonds. The normalized spacial score (nSPS) is 10.5. The van der Waals surface area contributed by atoms with Gasteiger partial charge in [0.05, 0.1) is 6.54 Å². The Kier molecular flexibility index (Phi) is 4.05. The third-order valence-electron chi connectivity index (χ3n) is 3.48. The highest BCUT2D eigenvalue weighted by molar-refractivity contribution is 5.92. The molecular weight excluding hydrogens is 290 g/mol. The van der Waals surface area contributed by atoms with Crippen molar-refractivity contribution in [3.63, 3.8) is 0 Å². The van der Waals surface area contributed by atoms with Gasteiger partial charge < -0.3 is 10.6 Å². The van der Waals surface area contributed by atoms with Crippen LogP contribution in [0.25, 0.3) is 0 Å². The van der Waals surface area contributed by atoms with Gasteiger partial charge in [-0.05, 0) is 29.8 Å². The van der Waals surface area contributed by atoms with Crippen molar-refractivity contribution in [1.82, 2.24) is 14.8 Å². The van der Waals surface area contributed by atoms with Crippen molar-refractivity contribution < 1.29 is 4.79 Å². The van der Waals surface area contributed by atoms with E-state index in [1.165, 1.54) is 0 Å². The first kappa shape index (κ1) is 14.8. The van der Waals surface area contributed by atoms with E-state index in [-0.39, 0.29) is 0 Å². The van der Waals surface area contributed by atoms with Crippen LogP contribution >= 0.6 is 0 Å². The first-order chi connectivity index (χ1) is 11.1. The number of nitrogens with zero attached hydrogens (tertiary/aromatic N) is 4. The van der Waals surface area contributed by atoms with Crippen LogP contribution in [-0.4, -0.2) is 20.7 Å². The average molecular weight is 307 g/mol. The number of hydrogen-bond acceptors (Lipinski definition) is 4. The molecule has 3 rings (SSSR count). The molecule has 0 saturated carbocycles. The van der Waals surface area contributed by atoms with Gasteiger partial charge in [-0.15, -0.1) is 0 Å². The largest absolute Gasteiger partial charge is 0.366 e. The summed E-state index contributed by atoms with van der Waals surface area (Å²) in [5.41, 5.74) is 6.81. The Hall–Kier alpha value is -3.15. The lowest BCUT2D eigenvalue weighted by Gasteiger charge is -2.21. The molecule has 0 spiro atoms. The fraction of sp³-hybridized carbons (Fsp3) is 0.118. The van der Waals surface area contributed by atoms with E-state index in [1.54, 1.807) is 23.0 Å². The number of carbonyl (C=O) groups is 1. The number of nitrogens with two attached hydrogens (primary N) is 1. The number of hydrogen-bond donors (Lipinski definition) is 1. The molecule has 0 aliphatic heterocycles. The fourth-order valence-electron chi connectivity index (χ4n) is 2.30. The summed E-state index contributed by atoms with van der Waals surface area (Å²) in [6.45, 7) is 0.590. The van der Waals surface area contributed by atoms with Crippen LogP contribution in [0, 0.1) is 0 Å². The molecule has 0 atom stereocenters. The average Bonchev–Trinajstić information content (AvgIpc) is 3.00. The summed E-state index contributed by atoms with van der Waals surface area (Å²) in [5.74, 6) is 1.19. The van der Waals surface area contributed by atoms with Crippen molar-refractivity contribution in [2.75, 3.05) is 4.90 Å². The first-order valence-corrected chi connectivity index (χ1v) is 7.20. The van der Waals surface area contributed by atoms with Crippen LogP contribution in [0.1, 0.15) is 15.9 Å². The third kappa shape index (κ3) is 3.37. The predicted octanol–water partition coefficient (Wildman–Crippen LogP) is 2.25. The molecule has 0 saturated heterocycles. The van der Waals surface area contributed by atoms with E-state index in [4.69, 9.17) is 5.73 Å². The summed E-state index contributed by atoms with van der Waals surface area (Å²) in [6, 6.07) is 14.9. The van der Waals surface area contributed by atoms with Crippen molar-refractivity contribution in [3.05, 3.63) is 72.1 Å². The molecule has 2 heterocycles. The highest BCUT2D eigenvalue weighted by atomic mass is 16.1. The Morgan fingerprint density at radius 3 is 2.48 bits per heavy atom. The van der Waals surface area contributed by atoms with E-state index in [0.717, 1.165) is 17.2 Å². The lowest BCUT2D eigenvalue weighted by Crippen LogP contribution is -2.18. The molecule has 0 bridgehead atoms. The fourth-order valence-corrected chi connectivity index (χ4v) is 2.30. The van der Waals surface area contributed by atoms with E-state index < -0.39 is 5.91 Å². The van der Waals surface area contributed by atoms with Crippen molar-refractivity contribution in [3.8, 4) is 0 Å². The molecule has 116 valence electrons. The summed E-state index contributed by atoms with van der Waals surface area (Å²) in [4.78, 5) is 17.6. The van der Waals surface area contributed by atoms with Crippen LogP contribution in [0.3, 0.4) is 0 Å². The van der Waals surface area contributed by atoms with E-state index in [2.05, 4.69) is 10.1 Å². The Balaban J connectivity index is 1.91. The van der Waals surface area contributed by atoms with Crippen LogP contribution in [0.4, 0.5) is 11.6 Å². The summed E-state index contributed by atoms with van der Waals surface area (Å²) < 4.78 is 1.75. The second kappa shape index (κ2) is 6.31. The second-order valence-corrected chi connectivity index (χ2v) is 5.18. The molecule has 0 radical (unpaired) electrons. The molecule has 2 N–H and O–H groups in total. The zero-order valence-electron chi connectivity index (χ0n) is 12.8. The summed E-state index contributed by atoms with van der Waals surface area (Å²) in [7, 11) is 1.88. The van der Waals surface area contributed by atoms with E-state index >= 15 is 0 Å². The van der Waals surface area contributed by atoms with Gasteiger partial charge in [-0.25, -0.2) is 4.98 Å². The van der Waals surface area contributed by atoms with Gasteiger partial charge in [-0.3, -0.25) is 9.48 Å². The molecule has 6 nitrogen and oxygen atoms in total. The third-order valence-corrected chi connectivity index (χ3v) is 3.48. The first-order valence-electron chi connectivity index (χ1n) is 7.20. The predicted molar refractivity (Wildman–Crippen MR) is 88.2 cm³/mol. The number of benzene rings is 1. The molecule has 0 unspecified atom stereocenters. The summed E-state index contributed by atoms with van der Waals surface area (Å²) in [5, 5.41) is 4.46. The van der Waals surface area contributed by atoms with E-state index in [1.807, 2.05) is 54.5 Å². The van der Waals surface area contributed by atoms with Crippen molar-refractivity contribution in [1.29, 1.82) is 0 Å². The Morgan fingerprint density at radius 1 is 1.13 bits per heavy atom. The maximum absolute atomic E-state index is 11.2. The van der Waals surface area contributed by atoms with Crippen LogP contribution in [0.5, 0.6) is 0 Å². The number of carbonyl (C=O) groups excluding carboxylic acids is 1. The smallest absolute Gasteiger partial charge is 0.248 e. The maximum atomic E-state index is 11.2. The van der Waals surface area contributed by atoms with Crippen LogP contribution in [0.2, 0.25) is 0 Å². The standard InChI is InChI=1S/C17H17N5O/c1-21-11-9-16(20-21)22(15-4-2-3-10-19-15)12-13-5-7-14(8-6-13)17(18)23/h2-11H,12H2,1H3,(H2,18,23). The van der Waals surface area contributed by atoms with Gasteiger partial charge in [0.2, 0.25) is 5.91 Å². The molecule has 6 heteroatoms. The minimum Gasteiger partial charge on any atom is -0.366 e. The summed E-state index contributed by atoms with van der Waals surface area (Å²) >= 11 is 0. The monoisotopic (exact) mass is 307 g/mol. The number of rotatable bonds is 5. The van der Waals surface area contributed by atoms with Gasteiger partial charge in [0.15, 0.2) is 5.82 Å². The molecular formula is C17H17N5O. The van der Waals surface area contributed by atoms with Crippen LogP contribution < -0.4 is 10.6 Å². The Morgan fingerprint density at radius 2 is 1.91 bits per heavy atom. The number of aryl methyl sites for hydroxylation is 1. The lowest BCUT2D eigenvalue weighted by atomic mass is 10.1. The minimum atomic E-state index is -0.428. The molecule has 0 aliphatic carbocycles. The van der Waals surface area contributed by atoms with Gasteiger partial charge in [-0.2, -0.15) is 5.10 Å². The van der Waals surface area contributed by atoms with Gasteiger partial charge >= 0.3 is 0 Å². The van der Waals surface area contributed by atoms with Crippen LogP contribution in [-0.2, 0) is 13.6 Å². The zero-order chi connectivity index (χ0) is 16.2. The number of amides is 1. The highest BCUT2D eigenvalue weighted by Gasteiger charge is 2.14. The van der Waals surface area contributed by atoms with Gasteiger partial charge in [0, 0.05) is 31.1 Å². The van der Waals surface area contributed by atoms with Gasteiger partial charge in [0.25, 0.3) is 0 Å². The molecule has 3 aromatic rings. The van der Waals surface area contributed by atoms with Crippen molar-refractivity contribution in [2.24, 2.45) is 12.8 Å². The number of aromatic nitrogens is 3. The van der Waals surface area contributed by atoms with Crippen molar-refractivity contribution >= 4 is 17.5 Å². The molecule has 1 aromatic carbocycles. The quantitative estimate of drug-likeness (QED) is 0.784. The SMILES string of the molecule is Cn1ccc(N(Cc2ccc(C(N)=O)cc2)c2ccccn2)n1. The minimum absolute atomic E-state index is 0.428. The molecule has 2 aromatic heterocycles. The van der Waals surface area contributed by atoms with Gasteiger partial charge in [-0.1, -0.05) is 18.2 Å². The number of pyridine rings is 1. The van der Waals surface area contributed by atoms with Crippen molar-refractivity contribution in [2.45, 2.75) is 6.54 Å². The summed E-state index contributed by atoms with van der Waals surface area (Å²) in [6.07, 6.45) is 3.64. The molecule has 0 fully saturated rings. The Labute approximate surface area is 134 Å². The zero-order valence-corrected chi connectivity index (χ0v) is 12.8. The number of primary amides is 1. The number of anilines is 2. The second-order valence-electron chi connectivity index (χ2n) is 5.18. The van der Waals surface area contributed by atoms with E-state index in [9.17, 15) is 4.79 Å². The molecule has 23 heavy (non-hydrogen) atoms. The molecule has 0 aliphatic rings. The van der Waals surface area contributed by atoms with Crippen LogP contribution in [0.15, 0.2) is 60.9 Å². The van der Waals surface area contributed by atoms with Gasteiger partial charge in [0.1, 0.15) is 5.82 Å².